The lowest BCUT2D eigenvalue weighted by Crippen LogP contribution is -2.49. The van der Waals surface area contributed by atoms with Crippen molar-refractivity contribution < 1.29 is 33.2 Å². The van der Waals surface area contributed by atoms with Crippen LogP contribution >= 0.6 is 0 Å². The van der Waals surface area contributed by atoms with Crippen LogP contribution in [-0.4, -0.2) is 63.1 Å². The molecule has 0 aliphatic carbocycles. The van der Waals surface area contributed by atoms with E-state index in [2.05, 4.69) is 0 Å². The van der Waals surface area contributed by atoms with Gasteiger partial charge in [0.15, 0.2) is 11.5 Å². The number of ether oxygens (including phenoxy) is 4. The third-order valence-electron chi connectivity index (χ3n) is 4.95. The maximum Gasteiger partial charge on any atom is 0.261 e. The molecule has 2 atom stereocenters. The summed E-state index contributed by atoms with van der Waals surface area (Å²) in [6, 6.07) is 8.78. The van der Waals surface area contributed by atoms with Crippen molar-refractivity contribution in [2.24, 2.45) is 0 Å². The second kappa shape index (κ2) is 9.11. The third kappa shape index (κ3) is 3.99. The molecule has 1 aliphatic rings. The number of methoxy groups -OCH3 is 3. The first-order valence-corrected chi connectivity index (χ1v) is 9.13. The Morgan fingerprint density at radius 2 is 1.86 bits per heavy atom. The molecule has 2 aromatic rings. The van der Waals surface area contributed by atoms with Crippen molar-refractivity contribution in [3.05, 3.63) is 53.3 Å². The zero-order valence-electron chi connectivity index (χ0n) is 16.6. The van der Waals surface area contributed by atoms with Crippen molar-refractivity contribution >= 4 is 5.91 Å². The number of benzene rings is 2. The van der Waals surface area contributed by atoms with E-state index < -0.39 is 23.9 Å². The number of aliphatic hydroxyl groups excluding tert-OH is 1. The standard InChI is InChI=1S/C21H24FNO6/c1-26-15-8-7-13(11-17(15)28-3)20-18(12-24)29-10-9-23(20)21(25)19-14(22)5-4-6-16(19)27-2/h4-8,11,18,20,24H,9-10,12H2,1-3H3/t18-,20-/m1/s1. The quantitative estimate of drug-likeness (QED) is 0.796. The summed E-state index contributed by atoms with van der Waals surface area (Å²) < 4.78 is 36.0. The Labute approximate surface area is 168 Å². The van der Waals surface area contributed by atoms with E-state index in [-0.39, 0.29) is 31.1 Å². The summed E-state index contributed by atoms with van der Waals surface area (Å²) >= 11 is 0. The van der Waals surface area contributed by atoms with Crippen molar-refractivity contribution in [2.75, 3.05) is 41.1 Å². The third-order valence-corrected chi connectivity index (χ3v) is 4.95. The monoisotopic (exact) mass is 405 g/mol. The van der Waals surface area contributed by atoms with Gasteiger partial charge in [0.05, 0.1) is 40.6 Å². The van der Waals surface area contributed by atoms with Crippen LogP contribution in [0, 0.1) is 5.82 Å². The predicted octanol–water partition coefficient (Wildman–Crippen LogP) is 2.43. The lowest BCUT2D eigenvalue weighted by molar-refractivity contribution is -0.0813. The molecular weight excluding hydrogens is 381 g/mol. The molecule has 2 aromatic carbocycles. The average molecular weight is 405 g/mol. The molecule has 0 unspecified atom stereocenters. The Morgan fingerprint density at radius 3 is 2.52 bits per heavy atom. The van der Waals surface area contributed by atoms with Crippen LogP contribution in [0.3, 0.4) is 0 Å². The van der Waals surface area contributed by atoms with Crippen molar-refractivity contribution in [3.8, 4) is 17.2 Å². The highest BCUT2D eigenvalue weighted by Crippen LogP contribution is 2.37. The van der Waals surface area contributed by atoms with Crippen molar-refractivity contribution in [1.29, 1.82) is 0 Å². The fraction of sp³-hybridized carbons (Fsp3) is 0.381. The Bertz CT molecular complexity index is 874. The zero-order chi connectivity index (χ0) is 21.0. The van der Waals surface area contributed by atoms with Crippen LogP contribution in [0.5, 0.6) is 17.2 Å². The second-order valence-corrected chi connectivity index (χ2v) is 6.47. The number of morpholine rings is 1. The first-order valence-electron chi connectivity index (χ1n) is 9.13. The van der Waals surface area contributed by atoms with E-state index >= 15 is 0 Å². The van der Waals surface area contributed by atoms with Gasteiger partial charge in [0.1, 0.15) is 23.2 Å². The van der Waals surface area contributed by atoms with Crippen molar-refractivity contribution in [3.63, 3.8) is 0 Å². The molecule has 1 saturated heterocycles. The fourth-order valence-corrected chi connectivity index (χ4v) is 3.57. The number of nitrogens with zero attached hydrogens (tertiary/aromatic N) is 1. The van der Waals surface area contributed by atoms with E-state index in [1.165, 1.54) is 44.4 Å². The summed E-state index contributed by atoms with van der Waals surface area (Å²) in [6.45, 7) is 0.139. The van der Waals surface area contributed by atoms with Crippen molar-refractivity contribution in [2.45, 2.75) is 12.1 Å². The molecule has 0 bridgehead atoms. The largest absolute Gasteiger partial charge is 0.496 e. The summed E-state index contributed by atoms with van der Waals surface area (Å²) in [5, 5.41) is 9.86. The van der Waals surface area contributed by atoms with Gasteiger partial charge in [0, 0.05) is 6.54 Å². The van der Waals surface area contributed by atoms with E-state index in [4.69, 9.17) is 18.9 Å². The van der Waals surface area contributed by atoms with Crippen LogP contribution in [0.2, 0.25) is 0 Å². The molecule has 0 aromatic heterocycles. The van der Waals surface area contributed by atoms with Crippen LogP contribution in [-0.2, 0) is 4.74 Å². The highest BCUT2D eigenvalue weighted by molar-refractivity contribution is 5.97. The number of hydrogen-bond donors (Lipinski definition) is 1. The normalized spacial score (nSPS) is 19.0. The maximum absolute atomic E-state index is 14.5. The highest BCUT2D eigenvalue weighted by atomic mass is 19.1. The summed E-state index contributed by atoms with van der Waals surface area (Å²) in [5.74, 6) is -0.0626. The van der Waals surface area contributed by atoms with Crippen LogP contribution < -0.4 is 14.2 Å². The van der Waals surface area contributed by atoms with Gasteiger partial charge in [-0.05, 0) is 29.8 Å². The number of carbonyl (C=O) groups excluding carboxylic acids is 1. The molecule has 29 heavy (non-hydrogen) atoms. The highest BCUT2D eigenvalue weighted by Gasteiger charge is 2.38. The molecule has 1 heterocycles. The number of amides is 1. The average Bonchev–Trinajstić information content (AvgIpc) is 2.77. The molecule has 0 saturated carbocycles. The van der Waals surface area contributed by atoms with Crippen molar-refractivity contribution in [1.82, 2.24) is 4.90 Å². The molecule has 1 fully saturated rings. The molecule has 156 valence electrons. The number of carbonyl (C=O) groups is 1. The first kappa shape index (κ1) is 20.9. The van der Waals surface area contributed by atoms with Gasteiger partial charge in [0.25, 0.3) is 5.91 Å². The van der Waals surface area contributed by atoms with Gasteiger partial charge in [-0.2, -0.15) is 0 Å². The molecule has 1 N–H and O–H groups in total. The number of aliphatic hydroxyl groups is 1. The summed E-state index contributed by atoms with van der Waals surface area (Å²) in [4.78, 5) is 14.8. The summed E-state index contributed by atoms with van der Waals surface area (Å²) in [6.07, 6.45) is -0.677. The second-order valence-electron chi connectivity index (χ2n) is 6.47. The summed E-state index contributed by atoms with van der Waals surface area (Å²) in [7, 11) is 4.42. The van der Waals surface area contributed by atoms with Crippen LogP contribution in [0.4, 0.5) is 4.39 Å². The molecule has 8 heteroatoms. The Hall–Kier alpha value is -2.84. The van der Waals surface area contributed by atoms with E-state index in [1.807, 2.05) is 0 Å². The molecule has 0 radical (unpaired) electrons. The van der Waals surface area contributed by atoms with E-state index in [9.17, 15) is 14.3 Å². The van der Waals surface area contributed by atoms with Gasteiger partial charge in [-0.1, -0.05) is 12.1 Å². The molecule has 1 aliphatic heterocycles. The molecule has 0 spiro atoms. The number of halogens is 1. The van der Waals surface area contributed by atoms with Gasteiger partial charge < -0.3 is 29.0 Å². The number of rotatable bonds is 6. The molecule has 7 nitrogen and oxygen atoms in total. The first-order chi connectivity index (χ1) is 14.0. The van der Waals surface area contributed by atoms with E-state index in [1.54, 1.807) is 18.2 Å². The van der Waals surface area contributed by atoms with Crippen LogP contribution in [0.15, 0.2) is 36.4 Å². The van der Waals surface area contributed by atoms with Gasteiger partial charge in [-0.15, -0.1) is 0 Å². The SMILES string of the molecule is COc1ccc([C@@H]2[C@@H](CO)OCCN2C(=O)c2c(F)cccc2OC)cc1OC. The van der Waals surface area contributed by atoms with E-state index in [0.717, 1.165) is 0 Å². The summed E-state index contributed by atoms with van der Waals surface area (Å²) in [5.41, 5.74) is 0.518. The van der Waals surface area contributed by atoms with Crippen LogP contribution in [0.25, 0.3) is 0 Å². The molecule has 1 amide bonds. The molecule has 3 rings (SSSR count). The minimum Gasteiger partial charge on any atom is -0.496 e. The fourth-order valence-electron chi connectivity index (χ4n) is 3.57. The molecular formula is C21H24FNO6. The lowest BCUT2D eigenvalue weighted by atomic mass is 9.96. The Morgan fingerprint density at radius 1 is 1.14 bits per heavy atom. The topological polar surface area (TPSA) is 77.5 Å². The van der Waals surface area contributed by atoms with Gasteiger partial charge in [0.2, 0.25) is 0 Å². The number of hydrogen-bond acceptors (Lipinski definition) is 6. The maximum atomic E-state index is 14.5. The van der Waals surface area contributed by atoms with Gasteiger partial charge >= 0.3 is 0 Å². The zero-order valence-corrected chi connectivity index (χ0v) is 16.6. The van der Waals surface area contributed by atoms with Gasteiger partial charge in [-0.3, -0.25) is 4.79 Å². The smallest absolute Gasteiger partial charge is 0.261 e. The minimum atomic E-state index is -0.677. The van der Waals surface area contributed by atoms with E-state index in [0.29, 0.717) is 17.1 Å². The minimum absolute atomic E-state index is 0.146. The van der Waals surface area contributed by atoms with Gasteiger partial charge in [-0.25, -0.2) is 4.39 Å². The predicted molar refractivity (Wildman–Crippen MR) is 103 cm³/mol. The Kier molecular flexibility index (Phi) is 6.56. The van der Waals surface area contributed by atoms with Crippen LogP contribution in [0.1, 0.15) is 22.0 Å². The lowest BCUT2D eigenvalue weighted by Gasteiger charge is -2.41. The Balaban J connectivity index is 2.06.